The van der Waals surface area contributed by atoms with Gasteiger partial charge in [0.15, 0.2) is 0 Å². The lowest BCUT2D eigenvalue weighted by Crippen LogP contribution is -2.27. The van der Waals surface area contributed by atoms with Crippen molar-refractivity contribution in [3.05, 3.63) is 58.7 Å². The molecule has 1 atom stereocenters. The fourth-order valence-electron chi connectivity index (χ4n) is 2.51. The smallest absolute Gasteiger partial charge is 0.252 e. The van der Waals surface area contributed by atoms with Crippen molar-refractivity contribution in [2.24, 2.45) is 0 Å². The average Bonchev–Trinajstić information content (AvgIpc) is 2.56. The molecule has 4 heteroatoms. The highest BCUT2D eigenvalue weighted by Gasteiger charge is 2.17. The summed E-state index contributed by atoms with van der Waals surface area (Å²) < 4.78 is 10.6. The van der Waals surface area contributed by atoms with Gasteiger partial charge in [0.2, 0.25) is 0 Å². The molecule has 1 N–H and O–H groups in total. The van der Waals surface area contributed by atoms with Crippen LogP contribution >= 0.6 is 0 Å². The summed E-state index contributed by atoms with van der Waals surface area (Å²) in [7, 11) is 3.23. The van der Waals surface area contributed by atoms with Gasteiger partial charge in [-0.05, 0) is 50.6 Å². The number of hydrogen-bond acceptors (Lipinski definition) is 3. The first-order valence-corrected chi connectivity index (χ1v) is 7.56. The summed E-state index contributed by atoms with van der Waals surface area (Å²) in [5.41, 5.74) is 3.59. The molecule has 0 aromatic heterocycles. The minimum Gasteiger partial charge on any atom is -0.497 e. The van der Waals surface area contributed by atoms with Crippen LogP contribution in [0.5, 0.6) is 11.5 Å². The number of ether oxygens (including phenoxy) is 2. The van der Waals surface area contributed by atoms with Crippen molar-refractivity contribution in [2.45, 2.75) is 26.8 Å². The van der Waals surface area contributed by atoms with Gasteiger partial charge in [0.25, 0.3) is 5.91 Å². The minimum absolute atomic E-state index is 0.0939. The van der Waals surface area contributed by atoms with Gasteiger partial charge >= 0.3 is 0 Å². The summed E-state index contributed by atoms with van der Waals surface area (Å²) in [6.45, 7) is 5.84. The molecule has 0 aliphatic heterocycles. The molecule has 0 fully saturated rings. The van der Waals surface area contributed by atoms with Crippen LogP contribution in [-0.2, 0) is 0 Å². The highest BCUT2D eigenvalue weighted by molar-refractivity contribution is 5.96. The molecule has 2 rings (SSSR count). The van der Waals surface area contributed by atoms with E-state index >= 15 is 0 Å². The van der Waals surface area contributed by atoms with Gasteiger partial charge < -0.3 is 14.8 Å². The standard InChI is InChI=1S/C19H23NO3/c1-12-6-7-13(2)16(10-12)19(21)20-14(3)17-11-15(22-4)8-9-18(17)23-5/h6-11,14H,1-5H3,(H,20,21)/t14-/m0/s1. The van der Waals surface area contributed by atoms with Gasteiger partial charge in [-0.2, -0.15) is 0 Å². The maximum absolute atomic E-state index is 12.6. The van der Waals surface area contributed by atoms with E-state index in [4.69, 9.17) is 9.47 Å². The molecule has 4 nitrogen and oxygen atoms in total. The Labute approximate surface area is 137 Å². The minimum atomic E-state index is -0.201. The lowest BCUT2D eigenvalue weighted by atomic mass is 10.0. The van der Waals surface area contributed by atoms with Gasteiger partial charge in [0.1, 0.15) is 11.5 Å². The van der Waals surface area contributed by atoms with Crippen molar-refractivity contribution in [3.63, 3.8) is 0 Å². The molecule has 23 heavy (non-hydrogen) atoms. The zero-order valence-corrected chi connectivity index (χ0v) is 14.3. The number of rotatable bonds is 5. The van der Waals surface area contributed by atoms with Crippen molar-refractivity contribution in [3.8, 4) is 11.5 Å². The third-order valence-corrected chi connectivity index (χ3v) is 3.89. The number of aryl methyl sites for hydroxylation is 2. The van der Waals surface area contributed by atoms with E-state index in [1.165, 1.54) is 0 Å². The summed E-state index contributed by atoms with van der Waals surface area (Å²) in [6, 6.07) is 11.2. The molecule has 0 unspecified atom stereocenters. The zero-order valence-electron chi connectivity index (χ0n) is 14.3. The SMILES string of the molecule is COc1ccc(OC)c([C@H](C)NC(=O)c2cc(C)ccc2C)c1. The Bertz CT molecular complexity index is 710. The summed E-state index contributed by atoms with van der Waals surface area (Å²) in [5, 5.41) is 3.03. The van der Waals surface area contributed by atoms with Gasteiger partial charge in [-0.3, -0.25) is 4.79 Å². The van der Waals surface area contributed by atoms with E-state index in [1.54, 1.807) is 14.2 Å². The van der Waals surface area contributed by atoms with Gasteiger partial charge in [-0.15, -0.1) is 0 Å². The third-order valence-electron chi connectivity index (χ3n) is 3.89. The Balaban J connectivity index is 2.26. The third kappa shape index (κ3) is 3.83. The van der Waals surface area contributed by atoms with Crippen LogP contribution < -0.4 is 14.8 Å². The van der Waals surface area contributed by atoms with E-state index in [9.17, 15) is 4.79 Å². The van der Waals surface area contributed by atoms with Crippen molar-refractivity contribution in [1.82, 2.24) is 5.32 Å². The summed E-state index contributed by atoms with van der Waals surface area (Å²) in [4.78, 5) is 12.6. The van der Waals surface area contributed by atoms with E-state index in [2.05, 4.69) is 5.32 Å². The fourth-order valence-corrected chi connectivity index (χ4v) is 2.51. The van der Waals surface area contributed by atoms with Crippen molar-refractivity contribution >= 4 is 5.91 Å². The van der Waals surface area contributed by atoms with Crippen LogP contribution in [0.25, 0.3) is 0 Å². The molecule has 2 aromatic rings. The lowest BCUT2D eigenvalue weighted by Gasteiger charge is -2.19. The van der Waals surface area contributed by atoms with Crippen LogP contribution in [0.15, 0.2) is 36.4 Å². The van der Waals surface area contributed by atoms with E-state index < -0.39 is 0 Å². The van der Waals surface area contributed by atoms with E-state index in [-0.39, 0.29) is 11.9 Å². The van der Waals surface area contributed by atoms with Crippen LogP contribution in [0.1, 0.15) is 40.0 Å². The van der Waals surface area contributed by atoms with Crippen LogP contribution in [0.3, 0.4) is 0 Å². The molecule has 1 amide bonds. The maximum Gasteiger partial charge on any atom is 0.252 e. The summed E-state index contributed by atoms with van der Waals surface area (Å²) in [5.74, 6) is 1.36. The van der Waals surface area contributed by atoms with Crippen molar-refractivity contribution in [1.29, 1.82) is 0 Å². The van der Waals surface area contributed by atoms with E-state index in [0.29, 0.717) is 5.56 Å². The second kappa shape index (κ2) is 7.18. The molecule has 0 spiro atoms. The average molecular weight is 313 g/mol. The monoisotopic (exact) mass is 313 g/mol. The Morgan fingerprint density at radius 1 is 1.04 bits per heavy atom. The molecule has 0 bridgehead atoms. The Hall–Kier alpha value is -2.49. The number of methoxy groups -OCH3 is 2. The molecule has 0 saturated carbocycles. The van der Waals surface area contributed by atoms with Crippen LogP contribution in [0.4, 0.5) is 0 Å². The number of hydrogen-bond donors (Lipinski definition) is 1. The molecule has 0 aliphatic carbocycles. The fraction of sp³-hybridized carbons (Fsp3) is 0.316. The molecule has 2 aromatic carbocycles. The first-order valence-electron chi connectivity index (χ1n) is 7.56. The molecule has 0 aliphatic rings. The normalized spacial score (nSPS) is 11.7. The number of benzene rings is 2. The summed E-state index contributed by atoms with van der Waals surface area (Å²) in [6.07, 6.45) is 0. The van der Waals surface area contributed by atoms with Crippen LogP contribution in [0, 0.1) is 13.8 Å². The van der Waals surface area contributed by atoms with E-state index in [1.807, 2.05) is 57.2 Å². The van der Waals surface area contributed by atoms with E-state index in [0.717, 1.165) is 28.2 Å². The largest absolute Gasteiger partial charge is 0.497 e. The van der Waals surface area contributed by atoms with Gasteiger partial charge in [-0.1, -0.05) is 17.7 Å². The topological polar surface area (TPSA) is 47.6 Å². The van der Waals surface area contributed by atoms with Gasteiger partial charge in [0, 0.05) is 11.1 Å². The molecule has 0 saturated heterocycles. The summed E-state index contributed by atoms with van der Waals surface area (Å²) >= 11 is 0. The predicted octanol–water partition coefficient (Wildman–Crippen LogP) is 3.81. The number of carbonyl (C=O) groups is 1. The second-order valence-corrected chi connectivity index (χ2v) is 5.62. The Morgan fingerprint density at radius 2 is 1.78 bits per heavy atom. The maximum atomic E-state index is 12.6. The first-order chi connectivity index (χ1) is 11.0. The highest BCUT2D eigenvalue weighted by Crippen LogP contribution is 2.29. The first kappa shape index (κ1) is 16.9. The molecule has 0 heterocycles. The zero-order chi connectivity index (χ0) is 17.0. The number of amides is 1. The van der Waals surface area contributed by atoms with Gasteiger partial charge in [-0.25, -0.2) is 0 Å². The van der Waals surface area contributed by atoms with Gasteiger partial charge in [0.05, 0.1) is 20.3 Å². The van der Waals surface area contributed by atoms with Crippen molar-refractivity contribution < 1.29 is 14.3 Å². The molecular weight excluding hydrogens is 290 g/mol. The second-order valence-electron chi connectivity index (χ2n) is 5.62. The van der Waals surface area contributed by atoms with Crippen LogP contribution in [-0.4, -0.2) is 20.1 Å². The molecule has 122 valence electrons. The lowest BCUT2D eigenvalue weighted by molar-refractivity contribution is 0.0938. The predicted molar refractivity (Wildman–Crippen MR) is 91.3 cm³/mol. The number of nitrogens with one attached hydrogen (secondary N) is 1. The van der Waals surface area contributed by atoms with Crippen molar-refractivity contribution in [2.75, 3.05) is 14.2 Å². The van der Waals surface area contributed by atoms with Crippen LogP contribution in [0.2, 0.25) is 0 Å². The quantitative estimate of drug-likeness (QED) is 0.913. The Kier molecular flexibility index (Phi) is 5.27. The molecular formula is C19H23NO3. The number of carbonyl (C=O) groups excluding carboxylic acids is 1. The Morgan fingerprint density at radius 3 is 2.43 bits per heavy atom. The highest BCUT2D eigenvalue weighted by atomic mass is 16.5. The molecule has 0 radical (unpaired) electrons.